The monoisotopic (exact) mass is 601 g/mol. The van der Waals surface area contributed by atoms with Crippen molar-refractivity contribution in [3.8, 4) is 0 Å². The van der Waals surface area contributed by atoms with E-state index in [4.69, 9.17) is 4.74 Å². The van der Waals surface area contributed by atoms with Gasteiger partial charge in [-0.15, -0.1) is 13.2 Å². The summed E-state index contributed by atoms with van der Waals surface area (Å²) in [5, 5.41) is 9.59. The van der Waals surface area contributed by atoms with Gasteiger partial charge in [0.15, 0.2) is 0 Å². The zero-order valence-electron chi connectivity index (χ0n) is 23.1. The lowest BCUT2D eigenvalue weighted by atomic mass is 9.70. The van der Waals surface area contributed by atoms with E-state index in [9.17, 15) is 19.5 Å². The first kappa shape index (κ1) is 29.5. The minimum absolute atomic E-state index is 0.116. The number of carbonyl (C=O) groups is 3. The third-order valence-corrected chi connectivity index (χ3v) is 8.98. The van der Waals surface area contributed by atoms with Gasteiger partial charge in [0, 0.05) is 43.2 Å². The lowest BCUT2D eigenvalue weighted by Crippen LogP contribution is -2.60. The molecule has 1 aromatic carbocycles. The molecule has 0 saturated carbocycles. The number of carbonyl (C=O) groups excluding carboxylic acids is 3. The maximum atomic E-state index is 14.3. The van der Waals surface area contributed by atoms with E-state index in [-0.39, 0.29) is 35.7 Å². The quantitative estimate of drug-likeness (QED) is 0.311. The van der Waals surface area contributed by atoms with Crippen molar-refractivity contribution in [1.29, 1.82) is 0 Å². The minimum atomic E-state index is -1.14. The van der Waals surface area contributed by atoms with Crippen LogP contribution in [-0.4, -0.2) is 91.9 Å². The van der Waals surface area contributed by atoms with Crippen molar-refractivity contribution in [1.82, 2.24) is 14.7 Å². The topological polar surface area (TPSA) is 90.4 Å². The molecule has 3 heterocycles. The van der Waals surface area contributed by atoms with Gasteiger partial charge in [-0.3, -0.25) is 14.4 Å². The lowest BCUT2D eigenvalue weighted by molar-refractivity contribution is -0.152. The van der Waals surface area contributed by atoms with Gasteiger partial charge in [-0.2, -0.15) is 0 Å². The van der Waals surface area contributed by atoms with Crippen molar-refractivity contribution in [2.75, 3.05) is 26.2 Å². The van der Waals surface area contributed by atoms with Gasteiger partial charge >= 0.3 is 0 Å². The summed E-state index contributed by atoms with van der Waals surface area (Å²) in [6.45, 7) is 14.6. The highest BCUT2D eigenvalue weighted by atomic mass is 79.9. The molecule has 3 saturated heterocycles. The van der Waals surface area contributed by atoms with Crippen molar-refractivity contribution < 1.29 is 24.2 Å². The number of hydrogen-bond acceptors (Lipinski definition) is 5. The summed E-state index contributed by atoms with van der Waals surface area (Å²) in [5.41, 5.74) is -0.690. The Morgan fingerprint density at radius 1 is 1.18 bits per heavy atom. The van der Waals surface area contributed by atoms with Crippen LogP contribution in [-0.2, 0) is 25.7 Å². The molecule has 2 bridgehead atoms. The second-order valence-electron chi connectivity index (χ2n) is 11.7. The zero-order valence-corrected chi connectivity index (χ0v) is 24.7. The number of amides is 3. The minimum Gasteiger partial charge on any atom is -0.396 e. The second kappa shape index (κ2) is 11.6. The molecule has 0 aliphatic carbocycles. The number of halogens is 1. The van der Waals surface area contributed by atoms with Crippen LogP contribution in [0.3, 0.4) is 0 Å². The third-order valence-electron chi connectivity index (χ3n) is 8.13. The van der Waals surface area contributed by atoms with Crippen LogP contribution >= 0.6 is 15.9 Å². The van der Waals surface area contributed by atoms with Crippen molar-refractivity contribution in [3.63, 3.8) is 0 Å². The zero-order chi connectivity index (χ0) is 28.5. The molecule has 6 atom stereocenters. The number of rotatable bonds is 11. The van der Waals surface area contributed by atoms with Crippen LogP contribution in [0, 0.1) is 11.8 Å². The Morgan fingerprint density at radius 2 is 1.85 bits per heavy atom. The Balaban J connectivity index is 1.75. The highest BCUT2D eigenvalue weighted by Gasteiger charge is 2.77. The first-order valence-corrected chi connectivity index (χ1v) is 14.5. The largest absolute Gasteiger partial charge is 0.396 e. The van der Waals surface area contributed by atoms with E-state index >= 15 is 0 Å². The van der Waals surface area contributed by atoms with Crippen LogP contribution < -0.4 is 0 Å². The highest BCUT2D eigenvalue weighted by molar-refractivity contribution is 9.09. The van der Waals surface area contributed by atoms with Crippen LogP contribution in [0.4, 0.5) is 0 Å². The molecular formula is C30H40BrN3O5. The first-order valence-electron chi connectivity index (χ1n) is 13.6. The first-order chi connectivity index (χ1) is 18.5. The predicted molar refractivity (Wildman–Crippen MR) is 153 cm³/mol. The highest BCUT2D eigenvalue weighted by Crippen LogP contribution is 2.60. The molecule has 212 valence electrons. The van der Waals surface area contributed by atoms with Crippen molar-refractivity contribution in [2.24, 2.45) is 11.8 Å². The lowest BCUT2D eigenvalue weighted by Gasteiger charge is -2.42. The van der Waals surface area contributed by atoms with E-state index in [2.05, 4.69) is 29.1 Å². The number of alkyl halides is 1. The van der Waals surface area contributed by atoms with Gasteiger partial charge in [-0.05, 0) is 39.2 Å². The number of fused-ring (bicyclic) bond motifs is 1. The maximum Gasteiger partial charge on any atom is 0.249 e. The Hall–Kier alpha value is -2.49. The number of likely N-dealkylation sites (tertiary alicyclic amines) is 1. The van der Waals surface area contributed by atoms with Gasteiger partial charge in [0.2, 0.25) is 17.7 Å². The summed E-state index contributed by atoms with van der Waals surface area (Å²) in [5.74, 6) is -2.19. The summed E-state index contributed by atoms with van der Waals surface area (Å²) in [6, 6.07) is 8.80. The molecule has 3 aliphatic heterocycles. The van der Waals surface area contributed by atoms with E-state index in [0.29, 0.717) is 32.5 Å². The molecule has 4 rings (SSSR count). The second-order valence-corrected chi connectivity index (χ2v) is 12.8. The third kappa shape index (κ3) is 5.21. The average Bonchev–Trinajstić information content (AvgIpc) is 3.48. The van der Waals surface area contributed by atoms with E-state index in [1.807, 2.05) is 51.1 Å². The maximum absolute atomic E-state index is 14.3. The van der Waals surface area contributed by atoms with Gasteiger partial charge in [0.1, 0.15) is 11.6 Å². The average molecular weight is 603 g/mol. The van der Waals surface area contributed by atoms with Gasteiger partial charge in [0.25, 0.3) is 0 Å². The van der Waals surface area contributed by atoms with Gasteiger partial charge < -0.3 is 24.5 Å². The van der Waals surface area contributed by atoms with Crippen molar-refractivity contribution in [2.45, 2.75) is 68.3 Å². The van der Waals surface area contributed by atoms with Crippen LogP contribution in [0.1, 0.15) is 39.2 Å². The standard InChI is InChI=1S/C30H40BrN3O5/c1-6-14-32(19-20-12-9-8-10-13-20)26(36)22-23-27(37)33(16-11-17-35)25(30(23)18-21(31)24(22)39-30)28(38)34(15-7-2)29(3,4)5/h6-10,12-13,21-25,35H,1-2,11,14-19H2,3-5H3/t21?,22-,23-,24-,25?,30?/m0/s1. The fourth-order valence-electron chi connectivity index (χ4n) is 6.55. The summed E-state index contributed by atoms with van der Waals surface area (Å²) < 4.78 is 6.65. The molecule has 9 heteroatoms. The summed E-state index contributed by atoms with van der Waals surface area (Å²) >= 11 is 3.74. The van der Waals surface area contributed by atoms with Crippen LogP contribution in [0.15, 0.2) is 55.6 Å². The molecule has 3 amide bonds. The van der Waals surface area contributed by atoms with E-state index < -0.39 is 35.1 Å². The number of hydrogen-bond donors (Lipinski definition) is 1. The molecule has 1 spiro atoms. The Labute approximate surface area is 239 Å². The van der Waals surface area contributed by atoms with Gasteiger partial charge in [-0.25, -0.2) is 0 Å². The summed E-state index contributed by atoms with van der Waals surface area (Å²) in [4.78, 5) is 47.5. The smallest absolute Gasteiger partial charge is 0.249 e. The predicted octanol–water partition coefficient (Wildman–Crippen LogP) is 3.14. The summed E-state index contributed by atoms with van der Waals surface area (Å²) in [7, 11) is 0. The molecule has 0 aromatic heterocycles. The molecule has 3 fully saturated rings. The number of aliphatic hydroxyl groups is 1. The Kier molecular flexibility index (Phi) is 8.73. The molecule has 39 heavy (non-hydrogen) atoms. The summed E-state index contributed by atoms with van der Waals surface area (Å²) in [6.07, 6.45) is 3.59. The molecule has 3 unspecified atom stereocenters. The molecule has 0 radical (unpaired) electrons. The Morgan fingerprint density at radius 3 is 2.44 bits per heavy atom. The van der Waals surface area contributed by atoms with Gasteiger partial charge in [-0.1, -0.05) is 58.4 Å². The molecule has 3 aliphatic rings. The SMILES string of the molecule is C=CCN(Cc1ccccc1)C(=O)[C@H]1[C@H]2C(=O)N(CCCO)C(C(=O)N(CC=C)C(C)(C)C)C23CC(Br)[C@@H]1O3. The number of ether oxygens (including phenoxy) is 1. The van der Waals surface area contributed by atoms with Crippen molar-refractivity contribution in [3.05, 3.63) is 61.2 Å². The van der Waals surface area contributed by atoms with Gasteiger partial charge in [0.05, 0.1) is 17.9 Å². The number of nitrogens with zero attached hydrogens (tertiary/aromatic N) is 3. The Bertz CT molecular complexity index is 1110. The fraction of sp³-hybridized carbons (Fsp3) is 0.567. The van der Waals surface area contributed by atoms with E-state index in [0.717, 1.165) is 5.56 Å². The van der Waals surface area contributed by atoms with Crippen LogP contribution in [0.25, 0.3) is 0 Å². The molecule has 1 aromatic rings. The van der Waals surface area contributed by atoms with Crippen molar-refractivity contribution >= 4 is 33.7 Å². The van der Waals surface area contributed by atoms with Crippen LogP contribution in [0.2, 0.25) is 0 Å². The van der Waals surface area contributed by atoms with E-state index in [1.54, 1.807) is 26.9 Å². The normalized spacial score (nSPS) is 29.3. The van der Waals surface area contributed by atoms with E-state index in [1.165, 1.54) is 0 Å². The molecule has 8 nitrogen and oxygen atoms in total. The number of benzene rings is 1. The van der Waals surface area contributed by atoms with Crippen LogP contribution in [0.5, 0.6) is 0 Å². The molecule has 1 N–H and O–H groups in total. The molecular weight excluding hydrogens is 562 g/mol. The number of aliphatic hydroxyl groups excluding tert-OH is 1. The fourth-order valence-corrected chi connectivity index (χ4v) is 7.49.